The van der Waals surface area contributed by atoms with Crippen LogP contribution < -0.4 is 31.4 Å². The molecule has 6 aliphatic heterocycles. The van der Waals surface area contributed by atoms with E-state index in [1.54, 1.807) is 29.5 Å². The Labute approximate surface area is 497 Å². The zero-order chi connectivity index (χ0) is 57.1. The number of halogens is 1. The van der Waals surface area contributed by atoms with Gasteiger partial charge in [0.2, 0.25) is 5.91 Å². The predicted octanol–water partition coefficient (Wildman–Crippen LogP) is 11.8. The molecule has 0 radical (unpaired) electrons. The lowest BCUT2D eigenvalue weighted by Crippen LogP contribution is -2.46. The SMILES string of the molecule is NCc1ccc2c(c1)C1(CCN(C(=O)/C=C/c3ccc4ccccc4c3)CC1)CO2.NCc1ccc2c(c1)C1(CCN(C(=O)c3ccc(-c4ccccc4)s3)CC1)CO2.NCc1ccc2c(c1)C1(CCN(C(=O)c3ccc(Br)o3)CC1)CO2. The fourth-order valence-electron chi connectivity index (χ4n) is 12.8. The quantitative estimate of drug-likeness (QED) is 0.124. The number of carbonyl (C=O) groups is 3. The fraction of sp³-hybridized carbons (Fsp3) is 0.309. The lowest BCUT2D eigenvalue weighted by atomic mass is 9.74. The molecule has 15 heteroatoms. The Bertz CT molecular complexity index is 3700. The molecular weight excluding hydrogens is 1120 g/mol. The Morgan fingerprint density at radius 2 is 0.988 bits per heavy atom. The third-order valence-electron chi connectivity index (χ3n) is 18.0. The first-order chi connectivity index (χ1) is 40.5. The van der Waals surface area contributed by atoms with E-state index in [1.807, 2.05) is 99.6 Å². The van der Waals surface area contributed by atoms with Crippen LogP contribution in [0.15, 0.2) is 167 Å². The van der Waals surface area contributed by atoms with E-state index in [9.17, 15) is 14.4 Å². The van der Waals surface area contributed by atoms with Crippen LogP contribution in [-0.4, -0.2) is 91.5 Å². The third kappa shape index (κ3) is 11.5. The lowest BCUT2D eigenvalue weighted by molar-refractivity contribution is -0.127. The van der Waals surface area contributed by atoms with Gasteiger partial charge in [-0.15, -0.1) is 11.3 Å². The molecule has 8 heterocycles. The van der Waals surface area contributed by atoms with Crippen LogP contribution in [0.1, 0.15) is 97.7 Å². The molecule has 3 spiro atoms. The Morgan fingerprint density at radius 1 is 0.506 bits per heavy atom. The highest BCUT2D eigenvalue weighted by atomic mass is 79.9. The normalized spacial score (nSPS) is 17.7. The van der Waals surface area contributed by atoms with E-state index >= 15 is 0 Å². The number of hydrogen-bond donors (Lipinski definition) is 3. The van der Waals surface area contributed by atoms with Crippen molar-refractivity contribution in [3.8, 4) is 27.7 Å². The molecule has 3 fully saturated rings. The average Bonchev–Trinajstić information content (AvgIpc) is 3.17. The number of fused-ring (bicyclic) bond motifs is 7. The van der Waals surface area contributed by atoms with Crippen LogP contribution in [0.25, 0.3) is 27.3 Å². The summed E-state index contributed by atoms with van der Waals surface area (Å²) in [5.74, 6) is 3.46. The minimum absolute atomic E-state index is 0.00103. The summed E-state index contributed by atoms with van der Waals surface area (Å²) in [7, 11) is 0. The molecule has 426 valence electrons. The summed E-state index contributed by atoms with van der Waals surface area (Å²) in [6, 6.07) is 51.0. The number of furan rings is 1. The van der Waals surface area contributed by atoms with E-state index in [2.05, 4.69) is 76.6 Å². The molecule has 3 saturated heterocycles. The van der Waals surface area contributed by atoms with Crippen molar-refractivity contribution in [1.29, 1.82) is 0 Å². The zero-order valence-corrected chi connectivity index (χ0v) is 48.9. The van der Waals surface area contributed by atoms with Gasteiger partial charge >= 0.3 is 0 Å². The average molecular weight is 1190 g/mol. The van der Waals surface area contributed by atoms with Crippen molar-refractivity contribution < 1.29 is 33.0 Å². The Hall–Kier alpha value is -7.53. The van der Waals surface area contributed by atoms with Crippen LogP contribution in [0.4, 0.5) is 0 Å². The first-order valence-corrected chi connectivity index (χ1v) is 30.4. The number of rotatable bonds is 8. The van der Waals surface area contributed by atoms with E-state index in [4.69, 9.17) is 35.8 Å². The van der Waals surface area contributed by atoms with Crippen molar-refractivity contribution >= 4 is 61.8 Å². The van der Waals surface area contributed by atoms with Crippen LogP contribution in [0.5, 0.6) is 17.2 Å². The topological polar surface area (TPSA) is 180 Å². The zero-order valence-electron chi connectivity index (χ0n) is 46.5. The summed E-state index contributed by atoms with van der Waals surface area (Å²) in [6.07, 6.45) is 9.10. The molecule has 0 unspecified atom stereocenters. The standard InChI is InChI=1S/C26H26N2O2.C24H24N2O2S.C18H19BrN2O3/c27-17-20-6-9-24-23(16-20)26(18-30-24)11-13-28(14-12-26)25(29)10-7-19-5-8-21-3-1-2-4-22(21)15-19;25-15-17-6-7-20-19(14-17)24(16-28-20)10-12-26(13-11-24)23(27)22-9-8-21(29-22)18-4-2-1-3-5-18;19-16-4-3-15(24-16)17(22)21-7-5-18(6-8-21)11-23-14-2-1-12(10-20)9-13(14)18/h1-10,15-16H,11-14,17-18,27H2;1-9,14H,10-13,15-16,25H2;1-4,9H,5-8,10-11,20H2/b10-7+;;. The van der Waals surface area contributed by atoms with Gasteiger partial charge in [-0.25, -0.2) is 0 Å². The second-order valence-electron chi connectivity index (χ2n) is 22.8. The summed E-state index contributed by atoms with van der Waals surface area (Å²) >= 11 is 4.82. The maximum Gasteiger partial charge on any atom is 0.289 e. The number of hydrogen-bond acceptors (Lipinski definition) is 11. The minimum atomic E-state index is -0.0506. The lowest BCUT2D eigenvalue weighted by Gasteiger charge is -2.38. The summed E-state index contributed by atoms with van der Waals surface area (Å²) in [6.45, 7) is 8.10. The van der Waals surface area contributed by atoms with Gasteiger partial charge in [-0.1, -0.05) is 103 Å². The first kappa shape index (κ1) is 56.0. The molecular formula is C68H69BrN6O7S. The van der Waals surface area contributed by atoms with Crippen LogP contribution >= 0.6 is 27.3 Å². The summed E-state index contributed by atoms with van der Waals surface area (Å²) < 4.78 is 23.8. The number of likely N-dealkylation sites (tertiary alicyclic amines) is 3. The van der Waals surface area contributed by atoms with Crippen molar-refractivity contribution in [3.05, 3.63) is 212 Å². The number of nitrogens with zero attached hydrogens (tertiary/aromatic N) is 3. The first-order valence-electron chi connectivity index (χ1n) is 28.8. The second-order valence-corrected chi connectivity index (χ2v) is 24.7. The molecule has 14 rings (SSSR count). The van der Waals surface area contributed by atoms with Gasteiger partial charge in [-0.3, -0.25) is 14.4 Å². The number of ether oxygens (including phenoxy) is 3. The van der Waals surface area contributed by atoms with Gasteiger partial charge in [0.05, 0.1) is 24.7 Å². The van der Waals surface area contributed by atoms with Gasteiger partial charge in [-0.2, -0.15) is 0 Å². The van der Waals surface area contributed by atoms with Gasteiger partial charge in [0.1, 0.15) is 17.2 Å². The number of nitrogens with two attached hydrogens (primary N) is 3. The largest absolute Gasteiger partial charge is 0.492 e. The molecule has 6 aromatic carbocycles. The highest BCUT2D eigenvalue weighted by Gasteiger charge is 2.47. The Morgan fingerprint density at radius 3 is 1.48 bits per heavy atom. The Balaban J connectivity index is 0.000000124. The van der Waals surface area contributed by atoms with Gasteiger partial charge in [0.15, 0.2) is 10.4 Å². The molecule has 3 amide bonds. The number of benzene rings is 6. The molecule has 0 bridgehead atoms. The number of amides is 3. The van der Waals surface area contributed by atoms with Crippen LogP contribution in [0.3, 0.4) is 0 Å². The monoisotopic (exact) mass is 1190 g/mol. The molecule has 0 atom stereocenters. The number of piperidine rings is 3. The van der Waals surface area contributed by atoms with E-state index in [0.29, 0.717) is 63.0 Å². The minimum Gasteiger partial charge on any atom is -0.492 e. The van der Waals surface area contributed by atoms with Crippen molar-refractivity contribution in [1.82, 2.24) is 14.7 Å². The van der Waals surface area contributed by atoms with Gasteiger partial charge in [0, 0.05) is 103 Å². The van der Waals surface area contributed by atoms with Gasteiger partial charge < -0.3 is 50.5 Å². The summed E-state index contributed by atoms with van der Waals surface area (Å²) in [5.41, 5.74) is 26.9. The fourth-order valence-corrected chi connectivity index (χ4v) is 14.1. The van der Waals surface area contributed by atoms with E-state index in [0.717, 1.165) is 120 Å². The van der Waals surface area contributed by atoms with E-state index < -0.39 is 0 Å². The van der Waals surface area contributed by atoms with Crippen molar-refractivity contribution in [2.75, 3.05) is 59.1 Å². The molecule has 8 aromatic rings. The Kier molecular flexibility index (Phi) is 16.2. The molecule has 13 nitrogen and oxygen atoms in total. The van der Waals surface area contributed by atoms with Crippen molar-refractivity contribution in [3.63, 3.8) is 0 Å². The molecule has 6 aliphatic rings. The number of carbonyl (C=O) groups excluding carboxylic acids is 3. The maximum absolute atomic E-state index is 13.1. The highest BCUT2D eigenvalue weighted by molar-refractivity contribution is 9.10. The highest BCUT2D eigenvalue weighted by Crippen LogP contribution is 2.49. The van der Waals surface area contributed by atoms with Crippen molar-refractivity contribution in [2.24, 2.45) is 17.2 Å². The van der Waals surface area contributed by atoms with Crippen LogP contribution in [-0.2, 0) is 40.7 Å². The van der Waals surface area contributed by atoms with Crippen LogP contribution in [0.2, 0.25) is 0 Å². The molecule has 0 aliphatic carbocycles. The van der Waals surface area contributed by atoms with E-state index in [1.165, 1.54) is 27.5 Å². The summed E-state index contributed by atoms with van der Waals surface area (Å²) in [5, 5.41) is 2.39. The predicted molar refractivity (Wildman–Crippen MR) is 330 cm³/mol. The van der Waals surface area contributed by atoms with Gasteiger partial charge in [-0.05, 0) is 148 Å². The molecule has 0 saturated carbocycles. The second kappa shape index (κ2) is 24.0. The molecule has 6 N–H and O–H groups in total. The molecule has 2 aromatic heterocycles. The molecule has 83 heavy (non-hydrogen) atoms. The smallest absolute Gasteiger partial charge is 0.289 e. The van der Waals surface area contributed by atoms with E-state index in [-0.39, 0.29) is 34.0 Å². The number of thiophene rings is 1. The third-order valence-corrected chi connectivity index (χ3v) is 19.5. The maximum atomic E-state index is 13.1. The van der Waals surface area contributed by atoms with Gasteiger partial charge in [0.25, 0.3) is 11.8 Å². The summed E-state index contributed by atoms with van der Waals surface area (Å²) in [4.78, 5) is 46.1. The van der Waals surface area contributed by atoms with Crippen molar-refractivity contribution in [2.45, 2.75) is 74.4 Å². The van der Waals surface area contributed by atoms with Crippen LogP contribution in [0, 0.1) is 0 Å².